The summed E-state index contributed by atoms with van der Waals surface area (Å²) in [5.74, 6) is 0. The van der Waals surface area contributed by atoms with Crippen LogP contribution < -0.4 is 0 Å². The third kappa shape index (κ3) is 12.3. The van der Waals surface area contributed by atoms with Crippen molar-refractivity contribution in [2.75, 3.05) is 47.1 Å². The van der Waals surface area contributed by atoms with E-state index in [0.717, 1.165) is 11.0 Å². The summed E-state index contributed by atoms with van der Waals surface area (Å²) in [4.78, 5) is 9.55. The summed E-state index contributed by atoms with van der Waals surface area (Å²) in [6.45, 7) is 5.23. The van der Waals surface area contributed by atoms with E-state index in [1.165, 1.54) is 0 Å². The molecule has 0 amide bonds. The lowest BCUT2D eigenvalue weighted by Crippen LogP contribution is -2.35. The Bertz CT molecular complexity index is 250. The van der Waals surface area contributed by atoms with Gasteiger partial charge in [0.2, 0.25) is 0 Å². The lowest BCUT2D eigenvalue weighted by molar-refractivity contribution is -0.870. The molecule has 0 aromatic rings. The fourth-order valence-electron chi connectivity index (χ4n) is 1.27. The van der Waals surface area contributed by atoms with Crippen molar-refractivity contribution >= 4 is 7.60 Å². The van der Waals surface area contributed by atoms with Crippen LogP contribution in [0.1, 0.15) is 20.3 Å². The molecule has 0 saturated carbocycles. The van der Waals surface area contributed by atoms with E-state index < -0.39 is 7.60 Å². The van der Waals surface area contributed by atoms with Gasteiger partial charge in [0.1, 0.15) is 0 Å². The molecule has 6 heteroatoms. The van der Waals surface area contributed by atoms with Gasteiger partial charge in [-0.1, -0.05) is 0 Å². The van der Waals surface area contributed by atoms with Crippen molar-refractivity contribution in [1.29, 1.82) is 0 Å². The normalized spacial score (nSPS) is 16.2. The van der Waals surface area contributed by atoms with Crippen LogP contribution >= 0.6 is 7.60 Å². The summed E-state index contributed by atoms with van der Waals surface area (Å²) in [5.41, 5.74) is 0. The lowest BCUT2D eigenvalue weighted by Gasteiger charge is -2.24. The number of nitrogens with zero attached hydrogens (tertiary/aromatic N) is 1. The largest absolute Gasteiger partial charge is 0.376 e. The van der Waals surface area contributed by atoms with Crippen molar-refractivity contribution in [2.45, 2.75) is 26.4 Å². The molecule has 0 fully saturated rings. The van der Waals surface area contributed by atoms with Gasteiger partial charge in [0.05, 0.1) is 53.2 Å². The van der Waals surface area contributed by atoms with Crippen molar-refractivity contribution in [3.8, 4) is 0 Å². The first-order valence-corrected chi connectivity index (χ1v) is 7.77. The molecule has 0 aliphatic carbocycles. The van der Waals surface area contributed by atoms with Crippen LogP contribution in [0.3, 0.4) is 0 Å². The van der Waals surface area contributed by atoms with Crippen molar-refractivity contribution in [1.82, 2.24) is 0 Å². The Kier molecular flexibility index (Phi) is 7.52. The predicted octanol–water partition coefficient (Wildman–Crippen LogP) is 1.71. The standard InChI is InChI=1S/C11H26NO4P/c1-11(2)15-8-9-16-17(13,14)10-6-7-12(3,4)5/h11H,6-10H2,1-5H3/p+1. The van der Waals surface area contributed by atoms with Crippen molar-refractivity contribution in [3.05, 3.63) is 0 Å². The van der Waals surface area contributed by atoms with E-state index in [1.807, 2.05) is 13.8 Å². The number of rotatable bonds is 9. The van der Waals surface area contributed by atoms with E-state index in [2.05, 4.69) is 21.1 Å². The zero-order valence-corrected chi connectivity index (χ0v) is 12.6. The summed E-state index contributed by atoms with van der Waals surface area (Å²) in [7, 11) is 2.74. The van der Waals surface area contributed by atoms with E-state index in [4.69, 9.17) is 9.26 Å². The predicted molar refractivity (Wildman–Crippen MR) is 69.2 cm³/mol. The van der Waals surface area contributed by atoms with Gasteiger partial charge in [0.25, 0.3) is 0 Å². The Balaban J connectivity index is 3.70. The maximum absolute atomic E-state index is 11.6. The topological polar surface area (TPSA) is 55.8 Å². The van der Waals surface area contributed by atoms with Gasteiger partial charge in [-0.3, -0.25) is 4.57 Å². The summed E-state index contributed by atoms with van der Waals surface area (Å²) in [6.07, 6.45) is 1.02. The van der Waals surface area contributed by atoms with Gasteiger partial charge in [-0.15, -0.1) is 0 Å². The average molecular weight is 268 g/mol. The molecule has 5 nitrogen and oxygen atoms in total. The van der Waals surface area contributed by atoms with Gasteiger partial charge in [-0.2, -0.15) is 0 Å². The highest BCUT2D eigenvalue weighted by molar-refractivity contribution is 7.52. The molecule has 0 bridgehead atoms. The van der Waals surface area contributed by atoms with Gasteiger partial charge in [-0.05, 0) is 13.8 Å². The molecule has 0 aromatic carbocycles. The maximum Gasteiger partial charge on any atom is 0.328 e. The van der Waals surface area contributed by atoms with Crippen LogP contribution in [0.2, 0.25) is 0 Å². The Labute approximate surface area is 105 Å². The average Bonchev–Trinajstić information content (AvgIpc) is 2.09. The fourth-order valence-corrected chi connectivity index (χ4v) is 2.30. The molecule has 1 N–H and O–H groups in total. The minimum absolute atomic E-state index is 0.120. The molecule has 0 spiro atoms. The highest BCUT2D eigenvalue weighted by atomic mass is 31.2. The van der Waals surface area contributed by atoms with Gasteiger partial charge in [-0.25, -0.2) is 0 Å². The lowest BCUT2D eigenvalue weighted by atomic mass is 10.4. The van der Waals surface area contributed by atoms with Gasteiger partial charge in [0, 0.05) is 6.42 Å². The van der Waals surface area contributed by atoms with Crippen LogP contribution in [-0.2, 0) is 13.8 Å². The smallest absolute Gasteiger partial charge is 0.328 e. The van der Waals surface area contributed by atoms with Crippen molar-refractivity contribution in [2.24, 2.45) is 0 Å². The molecule has 0 aliphatic rings. The van der Waals surface area contributed by atoms with Crippen LogP contribution in [0.25, 0.3) is 0 Å². The second-order valence-electron chi connectivity index (χ2n) is 5.48. The van der Waals surface area contributed by atoms with Crippen LogP contribution in [0.15, 0.2) is 0 Å². The summed E-state index contributed by atoms with van der Waals surface area (Å²) in [5, 5.41) is 0. The zero-order valence-electron chi connectivity index (χ0n) is 11.7. The Hall–Kier alpha value is 0.0700. The van der Waals surface area contributed by atoms with E-state index in [-0.39, 0.29) is 18.9 Å². The highest BCUT2D eigenvalue weighted by Crippen LogP contribution is 2.42. The molecule has 0 aromatic heterocycles. The maximum atomic E-state index is 11.6. The van der Waals surface area contributed by atoms with E-state index in [0.29, 0.717) is 13.0 Å². The first kappa shape index (κ1) is 17.1. The Morgan fingerprint density at radius 1 is 1.24 bits per heavy atom. The van der Waals surface area contributed by atoms with Gasteiger partial charge in [0.15, 0.2) is 0 Å². The molecule has 0 aliphatic heterocycles. The second-order valence-corrected chi connectivity index (χ2v) is 7.46. The monoisotopic (exact) mass is 268 g/mol. The minimum Gasteiger partial charge on any atom is -0.376 e. The molecule has 17 heavy (non-hydrogen) atoms. The summed E-state index contributed by atoms with van der Waals surface area (Å²) in [6, 6.07) is 0. The van der Waals surface area contributed by atoms with E-state index in [9.17, 15) is 9.46 Å². The van der Waals surface area contributed by atoms with Crippen LogP contribution in [0, 0.1) is 0 Å². The zero-order chi connectivity index (χ0) is 13.5. The molecule has 1 unspecified atom stereocenters. The highest BCUT2D eigenvalue weighted by Gasteiger charge is 2.20. The molecule has 0 rings (SSSR count). The molecule has 0 heterocycles. The van der Waals surface area contributed by atoms with Gasteiger partial charge < -0.3 is 18.6 Å². The van der Waals surface area contributed by atoms with Crippen LogP contribution in [0.4, 0.5) is 0 Å². The van der Waals surface area contributed by atoms with Crippen LogP contribution in [-0.4, -0.2) is 62.5 Å². The molecular weight excluding hydrogens is 241 g/mol. The number of hydrogen-bond donors (Lipinski definition) is 1. The summed E-state index contributed by atoms with van der Waals surface area (Å²) < 4.78 is 22.6. The summed E-state index contributed by atoms with van der Waals surface area (Å²) >= 11 is 0. The number of quaternary nitrogens is 1. The van der Waals surface area contributed by atoms with Crippen LogP contribution in [0.5, 0.6) is 0 Å². The van der Waals surface area contributed by atoms with E-state index >= 15 is 0 Å². The van der Waals surface area contributed by atoms with Crippen molar-refractivity contribution in [3.63, 3.8) is 0 Å². The second kappa shape index (κ2) is 7.49. The first-order chi connectivity index (χ1) is 7.62. The minimum atomic E-state index is -3.43. The fraction of sp³-hybridized carbons (Fsp3) is 1.00. The molecule has 1 atom stereocenters. The molecule has 0 radical (unpaired) electrons. The first-order valence-electron chi connectivity index (χ1n) is 6.01. The Morgan fingerprint density at radius 3 is 2.29 bits per heavy atom. The third-order valence-corrected chi connectivity index (χ3v) is 3.56. The SMILES string of the molecule is CC(C)OCCOP(=O)(O)CCC[N+](C)(C)C. The van der Waals surface area contributed by atoms with Gasteiger partial charge >= 0.3 is 7.60 Å². The molecule has 0 saturated heterocycles. The quantitative estimate of drug-likeness (QED) is 0.393. The number of ether oxygens (including phenoxy) is 1. The Morgan fingerprint density at radius 2 is 1.82 bits per heavy atom. The van der Waals surface area contributed by atoms with Crippen molar-refractivity contribution < 1.29 is 23.2 Å². The third-order valence-electron chi connectivity index (χ3n) is 2.10. The molecular formula is C11H27NO4P+. The van der Waals surface area contributed by atoms with E-state index in [1.54, 1.807) is 0 Å². The molecule has 104 valence electrons. The number of hydrogen-bond acceptors (Lipinski definition) is 3.